The maximum absolute atomic E-state index is 11.6. The highest BCUT2D eigenvalue weighted by Crippen LogP contribution is 2.19. The fourth-order valence-corrected chi connectivity index (χ4v) is 2.29. The van der Waals surface area contributed by atoms with Gasteiger partial charge in [0.15, 0.2) is 0 Å². The molecule has 0 saturated carbocycles. The molecule has 0 bridgehead atoms. The normalized spacial score (nSPS) is 10.7. The van der Waals surface area contributed by atoms with E-state index in [0.29, 0.717) is 12.1 Å². The molecule has 0 radical (unpaired) electrons. The Bertz CT molecular complexity index is 805. The van der Waals surface area contributed by atoms with Crippen LogP contribution in [0.4, 0.5) is 5.69 Å². The summed E-state index contributed by atoms with van der Waals surface area (Å²) in [7, 11) is 0. The molecule has 0 unspecified atom stereocenters. The smallest absolute Gasteiger partial charge is 0.336 e. The Hall–Kier alpha value is -2.55. The van der Waals surface area contributed by atoms with E-state index in [1.54, 1.807) is 6.07 Å². The first kappa shape index (κ1) is 12.5. The van der Waals surface area contributed by atoms with Crippen molar-refractivity contribution >= 4 is 16.7 Å². The Morgan fingerprint density at radius 3 is 2.65 bits per heavy atom. The average Bonchev–Trinajstić information content (AvgIpc) is 2.46. The third-order valence-corrected chi connectivity index (χ3v) is 3.35. The molecule has 0 spiro atoms. The molecule has 3 rings (SSSR count). The van der Waals surface area contributed by atoms with Gasteiger partial charge in [-0.15, -0.1) is 0 Å². The number of para-hydroxylation sites is 2. The number of fused-ring (bicyclic) bond motifs is 1. The zero-order valence-corrected chi connectivity index (χ0v) is 11.2. The third-order valence-electron chi connectivity index (χ3n) is 3.35. The Labute approximate surface area is 116 Å². The first-order valence-corrected chi connectivity index (χ1v) is 6.55. The third kappa shape index (κ3) is 2.43. The molecule has 1 heterocycles. The van der Waals surface area contributed by atoms with E-state index < -0.39 is 0 Å². The Morgan fingerprint density at radius 2 is 1.80 bits per heavy atom. The average molecular weight is 265 g/mol. The van der Waals surface area contributed by atoms with Gasteiger partial charge in [-0.25, -0.2) is 4.79 Å². The second kappa shape index (κ2) is 5.21. The summed E-state index contributed by atoms with van der Waals surface area (Å²) in [6.07, 6.45) is 0. The minimum atomic E-state index is -0.315. The van der Waals surface area contributed by atoms with E-state index in [-0.39, 0.29) is 5.63 Å². The van der Waals surface area contributed by atoms with E-state index in [0.717, 1.165) is 16.6 Å². The van der Waals surface area contributed by atoms with Crippen LogP contribution in [0.1, 0.15) is 11.1 Å². The fourth-order valence-electron chi connectivity index (χ4n) is 2.29. The van der Waals surface area contributed by atoms with Crippen molar-refractivity contribution in [2.45, 2.75) is 13.5 Å². The minimum Gasteiger partial charge on any atom is -0.423 e. The van der Waals surface area contributed by atoms with E-state index in [1.807, 2.05) is 42.5 Å². The lowest BCUT2D eigenvalue weighted by atomic mass is 10.1. The van der Waals surface area contributed by atoms with Crippen molar-refractivity contribution in [3.8, 4) is 0 Å². The molecule has 1 aromatic heterocycles. The van der Waals surface area contributed by atoms with E-state index >= 15 is 0 Å². The van der Waals surface area contributed by atoms with Crippen molar-refractivity contribution in [2.75, 3.05) is 5.32 Å². The van der Waals surface area contributed by atoms with Gasteiger partial charge < -0.3 is 9.73 Å². The van der Waals surface area contributed by atoms with E-state index in [2.05, 4.69) is 18.3 Å². The molecule has 3 nitrogen and oxygen atoms in total. The van der Waals surface area contributed by atoms with Gasteiger partial charge in [-0.05, 0) is 30.2 Å². The number of hydrogen-bond acceptors (Lipinski definition) is 3. The van der Waals surface area contributed by atoms with Crippen LogP contribution in [-0.4, -0.2) is 0 Å². The largest absolute Gasteiger partial charge is 0.423 e. The fraction of sp³-hybridized carbons (Fsp3) is 0.118. The molecule has 0 aliphatic heterocycles. The first-order valence-electron chi connectivity index (χ1n) is 6.55. The molecule has 20 heavy (non-hydrogen) atoms. The minimum absolute atomic E-state index is 0.315. The summed E-state index contributed by atoms with van der Waals surface area (Å²) in [6, 6.07) is 17.2. The summed E-state index contributed by atoms with van der Waals surface area (Å²) in [4.78, 5) is 11.6. The lowest BCUT2D eigenvalue weighted by Gasteiger charge is -2.10. The molecule has 100 valence electrons. The first-order chi connectivity index (χ1) is 9.74. The molecular formula is C17H15NO2. The molecule has 0 saturated heterocycles. The van der Waals surface area contributed by atoms with Crippen molar-refractivity contribution in [1.29, 1.82) is 0 Å². The van der Waals surface area contributed by atoms with Crippen LogP contribution in [0, 0.1) is 6.92 Å². The topological polar surface area (TPSA) is 42.2 Å². The van der Waals surface area contributed by atoms with Gasteiger partial charge >= 0.3 is 5.63 Å². The van der Waals surface area contributed by atoms with E-state index in [4.69, 9.17) is 4.42 Å². The zero-order chi connectivity index (χ0) is 13.9. The van der Waals surface area contributed by atoms with Gasteiger partial charge in [-0.1, -0.05) is 36.4 Å². The highest BCUT2D eigenvalue weighted by atomic mass is 16.4. The summed E-state index contributed by atoms with van der Waals surface area (Å²) in [5.74, 6) is 0. The van der Waals surface area contributed by atoms with Crippen LogP contribution in [0.3, 0.4) is 0 Å². The number of hydrogen-bond donors (Lipinski definition) is 1. The Morgan fingerprint density at radius 1 is 1.05 bits per heavy atom. The summed E-state index contributed by atoms with van der Waals surface area (Å²) in [5, 5.41) is 4.33. The number of rotatable bonds is 3. The van der Waals surface area contributed by atoms with E-state index in [1.165, 1.54) is 5.56 Å². The number of nitrogens with one attached hydrogen (secondary N) is 1. The van der Waals surface area contributed by atoms with Gasteiger partial charge in [0.05, 0.1) is 0 Å². The van der Waals surface area contributed by atoms with Crippen LogP contribution in [0.2, 0.25) is 0 Å². The van der Waals surface area contributed by atoms with Crippen molar-refractivity contribution in [3.63, 3.8) is 0 Å². The molecule has 1 N–H and O–H groups in total. The molecular weight excluding hydrogens is 250 g/mol. The summed E-state index contributed by atoms with van der Waals surface area (Å²) in [5.41, 5.74) is 3.51. The van der Waals surface area contributed by atoms with Crippen molar-refractivity contribution in [2.24, 2.45) is 0 Å². The Balaban J connectivity index is 1.95. The second-order valence-corrected chi connectivity index (χ2v) is 4.76. The second-order valence-electron chi connectivity index (χ2n) is 4.76. The molecule has 0 fully saturated rings. The lowest BCUT2D eigenvalue weighted by molar-refractivity contribution is 0.559. The Kier molecular flexibility index (Phi) is 3.25. The van der Waals surface area contributed by atoms with Crippen molar-refractivity contribution < 1.29 is 4.42 Å². The van der Waals surface area contributed by atoms with Crippen molar-refractivity contribution in [1.82, 2.24) is 0 Å². The molecule has 0 aliphatic rings. The van der Waals surface area contributed by atoms with Gasteiger partial charge in [0, 0.05) is 23.7 Å². The molecule has 3 aromatic rings. The van der Waals surface area contributed by atoms with Gasteiger partial charge in [-0.2, -0.15) is 0 Å². The van der Waals surface area contributed by atoms with Gasteiger partial charge in [0.2, 0.25) is 0 Å². The van der Waals surface area contributed by atoms with Gasteiger partial charge in [-0.3, -0.25) is 0 Å². The van der Waals surface area contributed by atoms with Crippen LogP contribution in [0.5, 0.6) is 0 Å². The molecule has 0 amide bonds. The van der Waals surface area contributed by atoms with Crippen LogP contribution >= 0.6 is 0 Å². The summed E-state index contributed by atoms with van der Waals surface area (Å²) < 4.78 is 5.19. The number of benzene rings is 2. The molecule has 3 heteroatoms. The van der Waals surface area contributed by atoms with Crippen LogP contribution < -0.4 is 10.9 Å². The van der Waals surface area contributed by atoms with Crippen LogP contribution in [0.25, 0.3) is 11.0 Å². The predicted molar refractivity (Wildman–Crippen MR) is 81.0 cm³/mol. The summed E-state index contributed by atoms with van der Waals surface area (Å²) in [6.45, 7) is 2.65. The quantitative estimate of drug-likeness (QED) is 0.734. The highest BCUT2D eigenvalue weighted by Gasteiger charge is 2.05. The molecule has 0 aliphatic carbocycles. The lowest BCUT2D eigenvalue weighted by Crippen LogP contribution is -2.06. The van der Waals surface area contributed by atoms with E-state index in [9.17, 15) is 4.79 Å². The summed E-state index contributed by atoms with van der Waals surface area (Å²) >= 11 is 0. The molecule has 2 aromatic carbocycles. The number of anilines is 1. The number of aryl methyl sites for hydroxylation is 1. The SMILES string of the molecule is Cc1ccccc1NCc1cc(=O)oc2ccccc12. The van der Waals surface area contributed by atoms with Gasteiger partial charge in [0.25, 0.3) is 0 Å². The monoisotopic (exact) mass is 265 g/mol. The molecule has 0 atom stereocenters. The maximum Gasteiger partial charge on any atom is 0.336 e. The maximum atomic E-state index is 11.6. The predicted octanol–water partition coefficient (Wildman–Crippen LogP) is 3.71. The van der Waals surface area contributed by atoms with Crippen LogP contribution in [0.15, 0.2) is 63.8 Å². The zero-order valence-electron chi connectivity index (χ0n) is 11.2. The highest BCUT2D eigenvalue weighted by molar-refractivity contribution is 5.80. The van der Waals surface area contributed by atoms with Crippen LogP contribution in [-0.2, 0) is 6.54 Å². The van der Waals surface area contributed by atoms with Gasteiger partial charge in [0.1, 0.15) is 5.58 Å². The standard InChI is InChI=1S/C17H15NO2/c1-12-6-2-4-8-15(12)18-11-13-10-17(19)20-16-9-5-3-7-14(13)16/h2-10,18H,11H2,1H3. The van der Waals surface area contributed by atoms with Crippen molar-refractivity contribution in [3.05, 3.63) is 76.1 Å².